The first-order valence-electron chi connectivity index (χ1n) is 7.47. The summed E-state index contributed by atoms with van der Waals surface area (Å²) in [4.78, 5) is 0. The van der Waals surface area contributed by atoms with Gasteiger partial charge in [-0.3, -0.25) is 0 Å². The van der Waals surface area contributed by atoms with E-state index in [1.807, 2.05) is 0 Å². The van der Waals surface area contributed by atoms with Crippen LogP contribution in [0.3, 0.4) is 0 Å². The third-order valence-corrected chi connectivity index (χ3v) is 3.54. The molecule has 0 bridgehead atoms. The highest BCUT2D eigenvalue weighted by atomic mass is 14.9. The Labute approximate surface area is 103 Å². The van der Waals surface area contributed by atoms with Crippen LogP contribution in [0.15, 0.2) is 0 Å². The molecule has 2 atom stereocenters. The van der Waals surface area contributed by atoms with Crippen molar-refractivity contribution in [1.29, 1.82) is 0 Å². The van der Waals surface area contributed by atoms with Gasteiger partial charge in [0.15, 0.2) is 0 Å². The Hall–Kier alpha value is -0.0400. The van der Waals surface area contributed by atoms with Crippen LogP contribution in [0.2, 0.25) is 0 Å². The van der Waals surface area contributed by atoms with E-state index in [0.717, 1.165) is 5.92 Å². The Balaban J connectivity index is 3.50. The van der Waals surface area contributed by atoms with Crippen molar-refractivity contribution in [1.82, 2.24) is 5.32 Å². The third kappa shape index (κ3) is 9.21. The van der Waals surface area contributed by atoms with Crippen LogP contribution in [-0.4, -0.2) is 12.6 Å². The first kappa shape index (κ1) is 16.0. The Kier molecular flexibility index (Phi) is 11.4. The molecule has 0 heterocycles. The highest BCUT2D eigenvalue weighted by molar-refractivity contribution is 4.66. The lowest BCUT2D eigenvalue weighted by molar-refractivity contribution is 0.383. The lowest BCUT2D eigenvalue weighted by Crippen LogP contribution is -2.31. The molecule has 0 aliphatic rings. The summed E-state index contributed by atoms with van der Waals surface area (Å²) in [5.41, 5.74) is 0. The van der Waals surface area contributed by atoms with Crippen molar-refractivity contribution in [3.63, 3.8) is 0 Å². The van der Waals surface area contributed by atoms with Crippen molar-refractivity contribution in [3.8, 4) is 0 Å². The third-order valence-electron chi connectivity index (χ3n) is 3.54. The van der Waals surface area contributed by atoms with Gasteiger partial charge in [0, 0.05) is 6.04 Å². The van der Waals surface area contributed by atoms with Crippen molar-refractivity contribution in [2.45, 2.75) is 85.1 Å². The zero-order chi connectivity index (χ0) is 12.2. The molecule has 2 unspecified atom stereocenters. The number of hydrogen-bond donors (Lipinski definition) is 1. The first-order chi connectivity index (χ1) is 7.74. The van der Waals surface area contributed by atoms with Gasteiger partial charge in [0.05, 0.1) is 0 Å². The van der Waals surface area contributed by atoms with E-state index in [1.165, 1.54) is 57.9 Å². The highest BCUT2D eigenvalue weighted by Crippen LogP contribution is 2.12. The number of rotatable bonds is 11. The van der Waals surface area contributed by atoms with E-state index >= 15 is 0 Å². The fourth-order valence-corrected chi connectivity index (χ4v) is 2.11. The van der Waals surface area contributed by atoms with Crippen LogP contribution in [0.4, 0.5) is 0 Å². The molecule has 0 aromatic heterocycles. The zero-order valence-corrected chi connectivity index (χ0v) is 12.0. The van der Waals surface area contributed by atoms with E-state index in [4.69, 9.17) is 0 Å². The van der Waals surface area contributed by atoms with Crippen molar-refractivity contribution >= 4 is 0 Å². The molecule has 1 nitrogen and oxygen atoms in total. The fraction of sp³-hybridized carbons (Fsp3) is 1.00. The number of hydrogen-bond acceptors (Lipinski definition) is 1. The second-order valence-electron chi connectivity index (χ2n) is 5.22. The van der Waals surface area contributed by atoms with E-state index in [2.05, 4.69) is 33.0 Å². The predicted octanol–water partition coefficient (Wildman–Crippen LogP) is 4.76. The molecule has 0 aromatic rings. The summed E-state index contributed by atoms with van der Waals surface area (Å²) < 4.78 is 0. The van der Waals surface area contributed by atoms with Crippen molar-refractivity contribution in [2.24, 2.45) is 5.92 Å². The maximum absolute atomic E-state index is 3.70. The summed E-state index contributed by atoms with van der Waals surface area (Å²) in [6.45, 7) is 10.4. The second-order valence-corrected chi connectivity index (χ2v) is 5.22. The zero-order valence-electron chi connectivity index (χ0n) is 12.0. The largest absolute Gasteiger partial charge is 0.314 e. The van der Waals surface area contributed by atoms with Gasteiger partial charge >= 0.3 is 0 Å². The standard InChI is InChI=1S/C15H33N/c1-5-8-10-11-14(4)16-13-15(7-3)12-9-6-2/h14-16H,5-13H2,1-4H3. The molecule has 0 aliphatic heterocycles. The van der Waals surface area contributed by atoms with Gasteiger partial charge in [-0.1, -0.05) is 59.3 Å². The van der Waals surface area contributed by atoms with Gasteiger partial charge in [0.1, 0.15) is 0 Å². The Morgan fingerprint density at radius 1 is 0.875 bits per heavy atom. The van der Waals surface area contributed by atoms with Gasteiger partial charge in [-0.2, -0.15) is 0 Å². The summed E-state index contributed by atoms with van der Waals surface area (Å²) in [5.74, 6) is 0.897. The molecule has 0 aliphatic carbocycles. The number of nitrogens with one attached hydrogen (secondary N) is 1. The van der Waals surface area contributed by atoms with Gasteiger partial charge in [-0.25, -0.2) is 0 Å². The van der Waals surface area contributed by atoms with Crippen molar-refractivity contribution < 1.29 is 0 Å². The molecule has 98 valence electrons. The summed E-state index contributed by atoms with van der Waals surface area (Å²) in [6, 6.07) is 0.710. The molecule has 0 radical (unpaired) electrons. The maximum Gasteiger partial charge on any atom is 0.00388 e. The van der Waals surface area contributed by atoms with Crippen LogP contribution in [0.5, 0.6) is 0 Å². The van der Waals surface area contributed by atoms with Crippen LogP contribution in [0.1, 0.15) is 79.1 Å². The topological polar surface area (TPSA) is 12.0 Å². The molecule has 0 rings (SSSR count). The van der Waals surface area contributed by atoms with Gasteiger partial charge in [0.2, 0.25) is 0 Å². The molecule has 0 amide bonds. The lowest BCUT2D eigenvalue weighted by Gasteiger charge is -2.19. The van der Waals surface area contributed by atoms with E-state index in [-0.39, 0.29) is 0 Å². The monoisotopic (exact) mass is 227 g/mol. The Morgan fingerprint density at radius 3 is 2.12 bits per heavy atom. The Bertz CT molecular complexity index is 133. The maximum atomic E-state index is 3.70. The molecule has 0 spiro atoms. The molecule has 0 fully saturated rings. The van der Waals surface area contributed by atoms with Gasteiger partial charge in [-0.05, 0) is 32.2 Å². The van der Waals surface area contributed by atoms with Crippen molar-refractivity contribution in [2.75, 3.05) is 6.54 Å². The molecule has 0 saturated heterocycles. The van der Waals surface area contributed by atoms with Crippen LogP contribution in [0, 0.1) is 5.92 Å². The van der Waals surface area contributed by atoms with Crippen LogP contribution < -0.4 is 5.32 Å². The SMILES string of the molecule is CCCCCC(C)NCC(CC)CCCC. The summed E-state index contributed by atoms with van der Waals surface area (Å²) >= 11 is 0. The van der Waals surface area contributed by atoms with E-state index in [9.17, 15) is 0 Å². The first-order valence-corrected chi connectivity index (χ1v) is 7.47. The predicted molar refractivity (Wildman–Crippen MR) is 74.9 cm³/mol. The minimum Gasteiger partial charge on any atom is -0.314 e. The minimum absolute atomic E-state index is 0.710. The Morgan fingerprint density at radius 2 is 1.56 bits per heavy atom. The number of unbranched alkanes of at least 4 members (excludes halogenated alkanes) is 3. The summed E-state index contributed by atoms with van der Waals surface area (Å²) in [6.07, 6.45) is 10.9. The molecular formula is C15H33N. The molecule has 16 heavy (non-hydrogen) atoms. The second kappa shape index (κ2) is 11.4. The quantitative estimate of drug-likeness (QED) is 0.502. The van der Waals surface area contributed by atoms with E-state index in [1.54, 1.807) is 0 Å². The normalized spacial score (nSPS) is 15.0. The van der Waals surface area contributed by atoms with Gasteiger partial charge in [-0.15, -0.1) is 0 Å². The minimum atomic E-state index is 0.710. The van der Waals surface area contributed by atoms with Crippen molar-refractivity contribution in [3.05, 3.63) is 0 Å². The molecule has 0 aromatic carbocycles. The van der Waals surface area contributed by atoms with Crippen LogP contribution in [0.25, 0.3) is 0 Å². The van der Waals surface area contributed by atoms with E-state index in [0.29, 0.717) is 6.04 Å². The van der Waals surface area contributed by atoms with Crippen LogP contribution in [-0.2, 0) is 0 Å². The summed E-state index contributed by atoms with van der Waals surface area (Å²) in [7, 11) is 0. The van der Waals surface area contributed by atoms with Crippen LogP contribution >= 0.6 is 0 Å². The molecule has 1 N–H and O–H groups in total. The molecule has 0 saturated carbocycles. The average molecular weight is 227 g/mol. The van der Waals surface area contributed by atoms with E-state index < -0.39 is 0 Å². The lowest BCUT2D eigenvalue weighted by atomic mass is 9.99. The molecule has 1 heteroatoms. The smallest absolute Gasteiger partial charge is 0.00388 e. The summed E-state index contributed by atoms with van der Waals surface area (Å²) in [5, 5.41) is 3.70. The fourth-order valence-electron chi connectivity index (χ4n) is 2.11. The molecular weight excluding hydrogens is 194 g/mol. The average Bonchev–Trinajstić information content (AvgIpc) is 2.30. The van der Waals surface area contributed by atoms with Gasteiger partial charge in [0.25, 0.3) is 0 Å². The van der Waals surface area contributed by atoms with Gasteiger partial charge < -0.3 is 5.32 Å². The highest BCUT2D eigenvalue weighted by Gasteiger charge is 2.07.